The Balaban J connectivity index is 3.58. The van der Waals surface area contributed by atoms with Gasteiger partial charge in [0.05, 0.1) is 7.85 Å². The molecule has 0 amide bonds. The van der Waals surface area contributed by atoms with Crippen molar-refractivity contribution in [2.75, 3.05) is 6.61 Å². The fraction of sp³-hybridized carbons (Fsp3) is 1.00. The molecule has 3 heteroatoms. The van der Waals surface area contributed by atoms with Gasteiger partial charge in [0.1, 0.15) is 0 Å². The van der Waals surface area contributed by atoms with Crippen molar-refractivity contribution in [3.8, 4) is 0 Å². The third-order valence-electron chi connectivity index (χ3n) is 1.55. The minimum Gasteiger partial charge on any atom is -0.396 e. The summed E-state index contributed by atoms with van der Waals surface area (Å²) in [6.45, 7) is 3.84. The molecular formula is C6H14BNO. The largest absolute Gasteiger partial charge is 0.396 e. The average molecular weight is 127 g/mol. The van der Waals surface area contributed by atoms with Crippen LogP contribution in [-0.4, -0.2) is 25.6 Å². The molecule has 2 nitrogen and oxygen atoms in total. The molecule has 0 aromatic carbocycles. The van der Waals surface area contributed by atoms with E-state index in [1.54, 1.807) is 0 Å². The van der Waals surface area contributed by atoms with Crippen molar-refractivity contribution in [2.24, 2.45) is 11.7 Å². The molecule has 0 aliphatic heterocycles. The van der Waals surface area contributed by atoms with Crippen molar-refractivity contribution in [3.63, 3.8) is 0 Å². The molecule has 0 aromatic heterocycles. The highest BCUT2D eigenvalue weighted by Gasteiger charge is 2.13. The van der Waals surface area contributed by atoms with Gasteiger partial charge < -0.3 is 10.8 Å². The molecule has 9 heavy (non-hydrogen) atoms. The number of nitrogens with two attached hydrogens (primary N) is 1. The topological polar surface area (TPSA) is 46.2 Å². The van der Waals surface area contributed by atoms with E-state index in [1.165, 1.54) is 0 Å². The van der Waals surface area contributed by atoms with Gasteiger partial charge in [-0.2, -0.15) is 0 Å². The van der Waals surface area contributed by atoms with Crippen LogP contribution in [0.15, 0.2) is 0 Å². The van der Waals surface area contributed by atoms with Gasteiger partial charge in [-0.25, -0.2) is 0 Å². The van der Waals surface area contributed by atoms with E-state index in [0.29, 0.717) is 0 Å². The van der Waals surface area contributed by atoms with E-state index >= 15 is 0 Å². The van der Waals surface area contributed by atoms with Crippen molar-refractivity contribution in [1.82, 2.24) is 0 Å². The van der Waals surface area contributed by atoms with Gasteiger partial charge in [0, 0.05) is 6.61 Å². The van der Waals surface area contributed by atoms with E-state index in [-0.39, 0.29) is 24.4 Å². The lowest BCUT2D eigenvalue weighted by Gasteiger charge is -2.21. The molecular weight excluding hydrogens is 113 g/mol. The molecule has 3 unspecified atom stereocenters. The molecule has 0 bridgehead atoms. The van der Waals surface area contributed by atoms with Gasteiger partial charge in [-0.05, 0) is 12.0 Å². The molecule has 0 heterocycles. The summed E-state index contributed by atoms with van der Waals surface area (Å²) in [7, 11) is 5.59. The van der Waals surface area contributed by atoms with Crippen molar-refractivity contribution in [3.05, 3.63) is 0 Å². The first-order valence-electron chi connectivity index (χ1n) is 3.21. The number of hydrogen-bond donors (Lipinski definition) is 2. The Morgan fingerprint density at radius 1 is 1.56 bits per heavy atom. The lowest BCUT2D eigenvalue weighted by molar-refractivity contribution is 0.225. The fourth-order valence-corrected chi connectivity index (χ4v) is 0.640. The minimum atomic E-state index is -0.0880. The van der Waals surface area contributed by atoms with Crippen LogP contribution in [-0.2, 0) is 0 Å². The van der Waals surface area contributed by atoms with Gasteiger partial charge in [0.25, 0.3) is 0 Å². The van der Waals surface area contributed by atoms with E-state index in [2.05, 4.69) is 0 Å². The molecule has 0 fully saturated rings. The molecule has 0 saturated heterocycles. The van der Waals surface area contributed by atoms with Crippen LogP contribution in [0.4, 0.5) is 0 Å². The molecule has 3 N–H and O–H groups in total. The highest BCUT2D eigenvalue weighted by atomic mass is 16.3. The summed E-state index contributed by atoms with van der Waals surface area (Å²) in [6.07, 6.45) is 0. The molecule has 3 atom stereocenters. The van der Waals surface area contributed by atoms with E-state index in [0.717, 1.165) is 0 Å². The highest BCUT2D eigenvalue weighted by Crippen LogP contribution is 2.15. The molecule has 0 saturated carbocycles. The number of hydrogen-bond acceptors (Lipinski definition) is 2. The Labute approximate surface area is 57.8 Å². The van der Waals surface area contributed by atoms with E-state index in [9.17, 15) is 0 Å². The van der Waals surface area contributed by atoms with Crippen LogP contribution in [0.5, 0.6) is 0 Å². The first kappa shape index (κ1) is 8.98. The van der Waals surface area contributed by atoms with Crippen LogP contribution in [0.25, 0.3) is 0 Å². The van der Waals surface area contributed by atoms with Crippen molar-refractivity contribution in [1.29, 1.82) is 0 Å². The van der Waals surface area contributed by atoms with Crippen molar-refractivity contribution >= 4 is 7.85 Å². The molecule has 0 aliphatic carbocycles. The summed E-state index contributed by atoms with van der Waals surface area (Å²) in [4.78, 5) is 0. The van der Waals surface area contributed by atoms with Gasteiger partial charge in [0.15, 0.2) is 0 Å². The summed E-state index contributed by atoms with van der Waals surface area (Å²) >= 11 is 0. The Hall–Kier alpha value is -0.0151. The summed E-state index contributed by atoms with van der Waals surface area (Å²) in [6, 6.07) is -0.0350. The second kappa shape index (κ2) is 3.91. The van der Waals surface area contributed by atoms with Gasteiger partial charge in [-0.3, -0.25) is 0 Å². The fourth-order valence-electron chi connectivity index (χ4n) is 0.640. The van der Waals surface area contributed by atoms with Crippen LogP contribution >= 0.6 is 0 Å². The Morgan fingerprint density at radius 2 is 2.00 bits per heavy atom. The average Bonchev–Trinajstić information content (AvgIpc) is 1.84. The van der Waals surface area contributed by atoms with E-state index in [4.69, 9.17) is 18.7 Å². The maximum Gasteiger partial charge on any atom is 0.0725 e. The van der Waals surface area contributed by atoms with Crippen LogP contribution in [0, 0.1) is 5.92 Å². The Morgan fingerprint density at radius 3 is 2.11 bits per heavy atom. The predicted molar refractivity (Wildman–Crippen MR) is 39.4 cm³/mol. The molecule has 52 valence electrons. The quantitative estimate of drug-likeness (QED) is 0.520. The SMILES string of the molecule is [B]C(C(C)N)C(C)CO. The number of aliphatic hydroxyl groups is 1. The van der Waals surface area contributed by atoms with Gasteiger partial charge in [0.2, 0.25) is 0 Å². The van der Waals surface area contributed by atoms with Gasteiger partial charge in [-0.1, -0.05) is 19.7 Å². The molecule has 0 spiro atoms. The minimum absolute atomic E-state index is 0.0350. The molecule has 0 rings (SSSR count). The lowest BCUT2D eigenvalue weighted by atomic mass is 9.73. The van der Waals surface area contributed by atoms with Crippen LogP contribution < -0.4 is 5.73 Å². The molecule has 2 radical (unpaired) electrons. The normalized spacial score (nSPS) is 20.9. The summed E-state index contributed by atoms with van der Waals surface area (Å²) < 4.78 is 0. The van der Waals surface area contributed by atoms with Gasteiger partial charge in [-0.15, -0.1) is 0 Å². The van der Waals surface area contributed by atoms with Crippen LogP contribution in [0.2, 0.25) is 5.82 Å². The van der Waals surface area contributed by atoms with Crippen LogP contribution in [0.3, 0.4) is 0 Å². The van der Waals surface area contributed by atoms with Crippen molar-refractivity contribution in [2.45, 2.75) is 25.7 Å². The zero-order valence-electron chi connectivity index (χ0n) is 6.04. The smallest absolute Gasteiger partial charge is 0.0725 e. The van der Waals surface area contributed by atoms with E-state index < -0.39 is 0 Å². The van der Waals surface area contributed by atoms with Crippen LogP contribution in [0.1, 0.15) is 13.8 Å². The first-order chi connectivity index (χ1) is 4.09. The summed E-state index contributed by atoms with van der Waals surface area (Å²) in [5.41, 5.74) is 5.48. The predicted octanol–water partition coefficient (Wildman–Crippen LogP) is -0.0810. The first-order valence-corrected chi connectivity index (χ1v) is 3.21. The summed E-state index contributed by atoms with van der Waals surface area (Å²) in [5, 5.41) is 8.62. The standard InChI is InChI=1S/C6H14BNO/c1-4(3-9)6(7)5(2)8/h4-6,9H,3,8H2,1-2H3. The number of aliphatic hydroxyl groups excluding tert-OH is 1. The van der Waals surface area contributed by atoms with Crippen molar-refractivity contribution < 1.29 is 5.11 Å². The molecule has 0 aliphatic rings. The third-order valence-corrected chi connectivity index (χ3v) is 1.55. The Kier molecular flexibility index (Phi) is 3.90. The second-order valence-corrected chi connectivity index (χ2v) is 2.60. The lowest BCUT2D eigenvalue weighted by Crippen LogP contribution is -2.28. The zero-order valence-corrected chi connectivity index (χ0v) is 6.04. The molecule has 0 aromatic rings. The van der Waals surface area contributed by atoms with Gasteiger partial charge >= 0.3 is 0 Å². The Bertz CT molecular complexity index is 77.5. The van der Waals surface area contributed by atoms with E-state index in [1.807, 2.05) is 13.8 Å². The third kappa shape index (κ3) is 2.87. The summed E-state index contributed by atoms with van der Waals surface area (Å²) in [5.74, 6) is 0.0139. The number of rotatable bonds is 3. The zero-order chi connectivity index (χ0) is 7.44. The monoisotopic (exact) mass is 127 g/mol. The maximum atomic E-state index is 8.62. The highest BCUT2D eigenvalue weighted by molar-refractivity contribution is 6.12. The maximum absolute atomic E-state index is 8.62. The second-order valence-electron chi connectivity index (χ2n) is 2.60.